The molecule has 0 heterocycles. The van der Waals surface area contributed by atoms with Crippen LogP contribution in [0.5, 0.6) is 0 Å². The number of hydrogen-bond donors (Lipinski definition) is 2. The summed E-state index contributed by atoms with van der Waals surface area (Å²) < 4.78 is 30.0. The molecular formula is C12H20KN2O3S+. The van der Waals surface area contributed by atoms with Crippen LogP contribution in [0.4, 0.5) is 11.4 Å². The molecule has 0 aliphatic heterocycles. The minimum Gasteiger partial charge on any atom is -0.372 e. The van der Waals surface area contributed by atoms with Crippen LogP contribution in [0.1, 0.15) is 19.4 Å². The van der Waals surface area contributed by atoms with E-state index in [1.54, 1.807) is 0 Å². The van der Waals surface area contributed by atoms with Gasteiger partial charge in [-0.05, 0) is 44.5 Å². The van der Waals surface area contributed by atoms with Crippen LogP contribution >= 0.6 is 0 Å². The molecule has 19 heavy (non-hydrogen) atoms. The van der Waals surface area contributed by atoms with Gasteiger partial charge in [-0.3, -0.25) is 4.55 Å². The zero-order chi connectivity index (χ0) is 13.8. The molecule has 1 aromatic carbocycles. The van der Waals surface area contributed by atoms with Gasteiger partial charge < -0.3 is 10.2 Å². The fraction of sp³-hybridized carbons (Fsp3) is 0.500. The Morgan fingerprint density at radius 2 is 1.84 bits per heavy atom. The van der Waals surface area contributed by atoms with Crippen LogP contribution in [0.15, 0.2) is 18.2 Å². The summed E-state index contributed by atoms with van der Waals surface area (Å²) >= 11 is 0. The molecule has 0 fully saturated rings. The molecule has 0 saturated heterocycles. The van der Waals surface area contributed by atoms with Gasteiger partial charge in [0.2, 0.25) is 0 Å². The maximum absolute atomic E-state index is 10.7. The second kappa shape index (κ2) is 8.61. The van der Waals surface area contributed by atoms with E-state index in [0.717, 1.165) is 24.3 Å². The summed E-state index contributed by atoms with van der Waals surface area (Å²) in [6.07, 6.45) is 0. The van der Waals surface area contributed by atoms with E-state index in [1.807, 2.05) is 25.1 Å². The molecule has 0 amide bonds. The molecule has 0 aliphatic carbocycles. The summed E-state index contributed by atoms with van der Waals surface area (Å²) in [5.41, 5.74) is 2.77. The molecule has 1 rings (SSSR count). The topological polar surface area (TPSA) is 69.6 Å². The van der Waals surface area contributed by atoms with Gasteiger partial charge in [-0.15, -0.1) is 0 Å². The van der Waals surface area contributed by atoms with Gasteiger partial charge in [-0.25, -0.2) is 0 Å². The van der Waals surface area contributed by atoms with E-state index in [4.69, 9.17) is 4.55 Å². The van der Waals surface area contributed by atoms with E-state index >= 15 is 0 Å². The zero-order valence-electron chi connectivity index (χ0n) is 12.0. The van der Waals surface area contributed by atoms with Crippen LogP contribution in [0.2, 0.25) is 0 Å². The standard InChI is InChI=1S/C12H20N2O3S.K/c1-4-14(5-2)11-6-7-12(10(3)8-11)13-9-18(15,16)17;/h6-8,13H,4-5,9H2,1-3H3,(H,15,16,17);/q;+1. The fourth-order valence-electron chi connectivity index (χ4n) is 1.80. The summed E-state index contributed by atoms with van der Waals surface area (Å²) in [7, 11) is -4.00. The van der Waals surface area contributed by atoms with Crippen LogP contribution < -0.4 is 61.6 Å². The van der Waals surface area contributed by atoms with Gasteiger partial charge in [-0.1, -0.05) is 0 Å². The van der Waals surface area contributed by atoms with E-state index in [-0.39, 0.29) is 51.4 Å². The van der Waals surface area contributed by atoms with Gasteiger partial charge in [0.25, 0.3) is 10.1 Å². The summed E-state index contributed by atoms with van der Waals surface area (Å²) in [6.45, 7) is 7.92. The Morgan fingerprint density at radius 1 is 1.26 bits per heavy atom. The average Bonchev–Trinajstić information content (AvgIpc) is 2.28. The molecule has 1 aromatic rings. The van der Waals surface area contributed by atoms with Gasteiger partial charge in [0, 0.05) is 24.5 Å². The van der Waals surface area contributed by atoms with E-state index in [2.05, 4.69) is 24.1 Å². The third kappa shape index (κ3) is 6.57. The van der Waals surface area contributed by atoms with Crippen molar-refractivity contribution in [1.82, 2.24) is 0 Å². The summed E-state index contributed by atoms with van der Waals surface area (Å²) in [5.74, 6) is -0.474. The average molecular weight is 311 g/mol. The molecule has 0 radical (unpaired) electrons. The smallest absolute Gasteiger partial charge is 0.372 e. The molecule has 5 nitrogen and oxygen atoms in total. The number of hydrogen-bond acceptors (Lipinski definition) is 4. The monoisotopic (exact) mass is 311 g/mol. The van der Waals surface area contributed by atoms with Crippen molar-refractivity contribution in [2.45, 2.75) is 20.8 Å². The molecule has 0 saturated carbocycles. The summed E-state index contributed by atoms with van der Waals surface area (Å²) in [5, 5.41) is 2.70. The normalized spacial score (nSPS) is 10.7. The van der Waals surface area contributed by atoms with Gasteiger partial charge in [0.05, 0.1) is 0 Å². The third-order valence-electron chi connectivity index (χ3n) is 2.78. The Hall–Kier alpha value is 0.366. The predicted octanol–water partition coefficient (Wildman–Crippen LogP) is -0.898. The van der Waals surface area contributed by atoms with Crippen molar-refractivity contribution in [2.24, 2.45) is 0 Å². The quantitative estimate of drug-likeness (QED) is 0.526. The first-order chi connectivity index (χ1) is 8.37. The van der Waals surface area contributed by atoms with E-state index in [0.29, 0.717) is 5.69 Å². The van der Waals surface area contributed by atoms with E-state index < -0.39 is 16.0 Å². The first-order valence-electron chi connectivity index (χ1n) is 5.92. The van der Waals surface area contributed by atoms with Crippen molar-refractivity contribution in [3.8, 4) is 0 Å². The molecule has 0 aliphatic rings. The van der Waals surface area contributed by atoms with Gasteiger partial charge in [0.1, 0.15) is 5.88 Å². The number of rotatable bonds is 6. The molecule has 0 aromatic heterocycles. The summed E-state index contributed by atoms with van der Waals surface area (Å²) in [4.78, 5) is 2.21. The minimum absolute atomic E-state index is 0. The van der Waals surface area contributed by atoms with Gasteiger partial charge >= 0.3 is 51.4 Å². The molecule has 0 atom stereocenters. The number of nitrogens with zero attached hydrogens (tertiary/aromatic N) is 1. The van der Waals surface area contributed by atoms with Crippen LogP contribution in [0, 0.1) is 6.92 Å². The zero-order valence-corrected chi connectivity index (χ0v) is 15.9. The molecular weight excluding hydrogens is 291 g/mol. The van der Waals surface area contributed by atoms with Crippen LogP contribution in [0.3, 0.4) is 0 Å². The van der Waals surface area contributed by atoms with Crippen molar-refractivity contribution in [3.63, 3.8) is 0 Å². The van der Waals surface area contributed by atoms with E-state index in [1.165, 1.54) is 0 Å². The Labute approximate surface area is 157 Å². The Morgan fingerprint density at radius 3 is 2.26 bits per heavy atom. The Balaban J connectivity index is 0.00000324. The van der Waals surface area contributed by atoms with Crippen LogP contribution in [0.25, 0.3) is 0 Å². The van der Waals surface area contributed by atoms with Crippen molar-refractivity contribution in [2.75, 3.05) is 29.2 Å². The molecule has 7 heteroatoms. The second-order valence-electron chi connectivity index (χ2n) is 4.07. The number of benzene rings is 1. The summed E-state index contributed by atoms with van der Waals surface area (Å²) in [6, 6.07) is 5.76. The van der Waals surface area contributed by atoms with Gasteiger partial charge in [0.15, 0.2) is 0 Å². The van der Waals surface area contributed by atoms with Gasteiger partial charge in [-0.2, -0.15) is 8.42 Å². The number of aryl methyl sites for hydroxylation is 1. The predicted molar refractivity (Wildman–Crippen MR) is 74.8 cm³/mol. The molecule has 0 bridgehead atoms. The SMILES string of the molecule is CCN(CC)c1ccc(NCS(=O)(=O)O)c(C)c1.[K+]. The van der Waals surface area contributed by atoms with E-state index in [9.17, 15) is 8.42 Å². The molecule has 2 N–H and O–H groups in total. The van der Waals surface area contributed by atoms with Crippen molar-refractivity contribution in [1.29, 1.82) is 0 Å². The van der Waals surface area contributed by atoms with Crippen LogP contribution in [-0.4, -0.2) is 31.9 Å². The maximum Gasteiger partial charge on any atom is 1.00 e. The largest absolute Gasteiger partial charge is 1.00 e. The second-order valence-corrected chi connectivity index (χ2v) is 5.53. The molecule has 0 unspecified atom stereocenters. The minimum atomic E-state index is -4.00. The Bertz CT molecular complexity index is 502. The number of anilines is 2. The third-order valence-corrected chi connectivity index (χ3v) is 3.29. The van der Waals surface area contributed by atoms with Crippen molar-refractivity contribution < 1.29 is 64.4 Å². The Kier molecular flexibility index (Phi) is 8.77. The first-order valence-corrected chi connectivity index (χ1v) is 7.53. The molecule has 0 spiro atoms. The fourth-order valence-corrected chi connectivity index (χ4v) is 2.14. The van der Waals surface area contributed by atoms with Crippen molar-refractivity contribution >= 4 is 21.5 Å². The maximum atomic E-state index is 10.7. The van der Waals surface area contributed by atoms with Crippen LogP contribution in [-0.2, 0) is 10.1 Å². The number of nitrogens with one attached hydrogen (secondary N) is 1. The van der Waals surface area contributed by atoms with Crippen molar-refractivity contribution in [3.05, 3.63) is 23.8 Å². The first kappa shape index (κ1) is 19.4. The molecule has 102 valence electrons.